The van der Waals surface area contributed by atoms with Crippen molar-refractivity contribution in [2.75, 3.05) is 0 Å². The van der Waals surface area contributed by atoms with Crippen LogP contribution in [0.5, 0.6) is 0 Å². The molecule has 1 N–H and O–H groups in total. The number of carbonyl (C=O) groups excluding carboxylic acids is 4. The first kappa shape index (κ1) is 41.2. The molecule has 0 radical (unpaired) electrons. The lowest BCUT2D eigenvalue weighted by atomic mass is 9.43. The first-order valence-corrected chi connectivity index (χ1v) is 24.5. The van der Waals surface area contributed by atoms with Gasteiger partial charge in [-0.2, -0.15) is 0 Å². The van der Waals surface area contributed by atoms with Gasteiger partial charge in [0, 0.05) is 46.3 Å². The Hall–Kier alpha value is -1.55. The fraction of sp³-hybridized carbons (Fsp3) is 0.920. The minimum Gasteiger partial charge on any atom is -0.462 e. The Bertz CT molecular complexity index is 1800. The molecule has 12 fully saturated rings. The number of Topliss-reactive ketones (excluding diaryl/α,β-unsaturated/α-hetero) is 2. The van der Waals surface area contributed by atoms with Crippen molar-refractivity contribution in [1.82, 2.24) is 0 Å². The van der Waals surface area contributed by atoms with E-state index < -0.39 is 16.9 Å². The zero-order valence-electron chi connectivity index (χ0n) is 37.8. The Morgan fingerprint density at radius 3 is 1.53 bits per heavy atom. The minimum absolute atomic E-state index is 0.0104. The van der Waals surface area contributed by atoms with Gasteiger partial charge in [-0.3, -0.25) is 19.2 Å². The largest absolute Gasteiger partial charge is 0.462 e. The van der Waals surface area contributed by atoms with Crippen molar-refractivity contribution < 1.29 is 43.2 Å². The second-order valence-electron chi connectivity index (χ2n) is 25.7. The molecule has 10 saturated carbocycles. The third-order valence-electron chi connectivity index (χ3n) is 20.8. The number of fused-ring (bicyclic) bond motifs is 12. The maximum Gasteiger partial charge on any atom is 0.311 e. The summed E-state index contributed by atoms with van der Waals surface area (Å²) in [4.78, 5) is 51.0. The van der Waals surface area contributed by atoms with Gasteiger partial charge >= 0.3 is 11.9 Å². The third kappa shape index (κ3) is 5.10. The van der Waals surface area contributed by atoms with Crippen LogP contribution in [0.3, 0.4) is 0 Å². The molecule has 12 aliphatic rings. The predicted octanol–water partition coefficient (Wildman–Crippen LogP) is 8.27. The number of rotatable bonds is 2. The molecule has 10 aliphatic carbocycles. The summed E-state index contributed by atoms with van der Waals surface area (Å²) >= 11 is 7.20. The average molecular weight is 852 g/mol. The van der Waals surface area contributed by atoms with Crippen molar-refractivity contribution in [3.63, 3.8) is 0 Å². The number of alkyl halides is 1. The Morgan fingerprint density at radius 2 is 1.07 bits per heavy atom. The van der Waals surface area contributed by atoms with Crippen LogP contribution in [0.2, 0.25) is 0 Å². The molecule has 60 heavy (non-hydrogen) atoms. The molecule has 12 rings (SSSR count). The predicted molar refractivity (Wildman–Crippen MR) is 222 cm³/mol. The zero-order chi connectivity index (χ0) is 42.9. The minimum atomic E-state index is -0.511. The van der Waals surface area contributed by atoms with Gasteiger partial charge in [-0.15, -0.1) is 11.6 Å². The molecule has 2 heterocycles. The summed E-state index contributed by atoms with van der Waals surface area (Å²) in [6, 6.07) is 0. The maximum absolute atomic E-state index is 13.0. The van der Waals surface area contributed by atoms with Gasteiger partial charge in [-0.05, 0) is 153 Å². The van der Waals surface area contributed by atoms with Crippen LogP contribution in [-0.2, 0) is 38.1 Å². The SMILES string of the molecule is CC(C)(C)C(=O)O[C@H]1CC[C@]2(C)C3CC[C@]4(C)C(=O)[C@H]5C[C@H]5C4C3[C@@H](O)[C@H]3O[C@]32C1.CC(C)(C)C(=O)O[C@H]1CC[C@]2(C)C3CC[C@]4(C)C(=O)[C@H]5C[C@H]5C4C3[C@H](Cl)[C@H]3O[C@]32C1. The van der Waals surface area contributed by atoms with Crippen LogP contribution in [0.15, 0.2) is 0 Å². The van der Waals surface area contributed by atoms with Gasteiger partial charge in [-0.25, -0.2) is 0 Å². The highest BCUT2D eigenvalue weighted by atomic mass is 35.5. The van der Waals surface area contributed by atoms with Crippen LogP contribution in [0, 0.1) is 91.7 Å². The number of esters is 2. The Morgan fingerprint density at radius 1 is 0.650 bits per heavy atom. The van der Waals surface area contributed by atoms with Crippen molar-refractivity contribution in [2.45, 2.75) is 193 Å². The summed E-state index contributed by atoms with van der Waals surface area (Å²) in [6.07, 6.45) is 10.5. The second-order valence-corrected chi connectivity index (χ2v) is 26.2. The highest BCUT2D eigenvalue weighted by Crippen LogP contribution is 2.79. The van der Waals surface area contributed by atoms with Crippen LogP contribution >= 0.6 is 11.6 Å². The van der Waals surface area contributed by atoms with E-state index in [1.165, 1.54) is 0 Å². The number of carbonyl (C=O) groups is 4. The smallest absolute Gasteiger partial charge is 0.311 e. The number of ketones is 2. The van der Waals surface area contributed by atoms with E-state index in [0.29, 0.717) is 65.3 Å². The van der Waals surface area contributed by atoms with Crippen LogP contribution in [-0.4, -0.2) is 75.7 Å². The van der Waals surface area contributed by atoms with Crippen molar-refractivity contribution in [3.05, 3.63) is 0 Å². The number of ether oxygens (including phenoxy) is 4. The summed E-state index contributed by atoms with van der Waals surface area (Å²) in [6.45, 7) is 20.6. The number of aliphatic hydroxyl groups is 1. The Kier molecular flexibility index (Phi) is 8.38. The van der Waals surface area contributed by atoms with E-state index in [9.17, 15) is 24.3 Å². The van der Waals surface area contributed by atoms with Crippen molar-refractivity contribution in [3.8, 4) is 0 Å². The van der Waals surface area contributed by atoms with Gasteiger partial charge < -0.3 is 24.1 Å². The lowest BCUT2D eigenvalue weighted by Crippen LogP contribution is -2.63. The molecule has 0 bridgehead atoms. The summed E-state index contributed by atoms with van der Waals surface area (Å²) in [5, 5.41) is 11.5. The summed E-state index contributed by atoms with van der Waals surface area (Å²) in [5.74, 6) is 4.54. The third-order valence-corrected chi connectivity index (χ3v) is 21.3. The molecule has 6 unspecified atom stereocenters. The molecule has 22 atom stereocenters. The molecule has 0 aromatic carbocycles. The number of halogens is 1. The van der Waals surface area contributed by atoms with E-state index in [4.69, 9.17) is 30.5 Å². The van der Waals surface area contributed by atoms with Crippen molar-refractivity contribution >= 4 is 35.1 Å². The quantitative estimate of drug-likeness (QED) is 0.166. The maximum atomic E-state index is 13.0. The van der Waals surface area contributed by atoms with E-state index in [-0.39, 0.29) is 86.4 Å². The van der Waals surface area contributed by atoms with E-state index in [2.05, 4.69) is 27.7 Å². The summed E-state index contributed by atoms with van der Waals surface area (Å²) in [5.41, 5.74) is -1.96. The first-order valence-electron chi connectivity index (χ1n) is 24.1. The standard InChI is InChI=1S/C25H35ClO4.C25H36O5/c2*1-22(2,3)21(28)29-12-6-9-24(5)15-7-8-23(4)17(13-10-14(13)19(23)27)16(15)18(26)20-25(24,11-12)30-20/h12-18,20H,6-11H2,1-5H3;12-18,20,26H,6-11H2,1-5H3/t12-,13+,14-,15?,16?,17?,18-,20+,23-,24+,25+;12-,13+,14-,15?,16?,17?,18+,20+,23-,24+,25+/m00/s1. The Labute approximate surface area is 362 Å². The lowest BCUT2D eigenvalue weighted by Gasteiger charge is -2.60. The average Bonchev–Trinajstić information content (AvgIpc) is 4.01. The van der Waals surface area contributed by atoms with E-state index in [1.54, 1.807) is 0 Å². The normalized spacial score (nSPS) is 58.0. The Balaban J connectivity index is 0.000000136. The van der Waals surface area contributed by atoms with E-state index in [1.807, 2.05) is 41.5 Å². The molecule has 10 heteroatoms. The molecule has 9 nitrogen and oxygen atoms in total. The molecular weight excluding hydrogens is 780 g/mol. The number of hydrogen-bond acceptors (Lipinski definition) is 9. The molecule has 0 amide bonds. The number of aliphatic hydroxyl groups excluding tert-OH is 1. The fourth-order valence-electron chi connectivity index (χ4n) is 17.4. The van der Waals surface area contributed by atoms with Crippen LogP contribution in [0.1, 0.15) is 146 Å². The van der Waals surface area contributed by atoms with Gasteiger partial charge in [0.05, 0.1) is 22.3 Å². The van der Waals surface area contributed by atoms with Crippen molar-refractivity contribution in [1.29, 1.82) is 0 Å². The van der Waals surface area contributed by atoms with Crippen molar-refractivity contribution in [2.24, 2.45) is 91.7 Å². The molecule has 0 aromatic heterocycles. The topological polar surface area (TPSA) is 132 Å². The van der Waals surface area contributed by atoms with E-state index >= 15 is 0 Å². The van der Waals surface area contributed by atoms with Crippen LogP contribution in [0.4, 0.5) is 0 Å². The number of epoxide rings is 2. The molecule has 2 aliphatic heterocycles. The van der Waals surface area contributed by atoms with Gasteiger partial charge in [0.2, 0.25) is 0 Å². The molecule has 332 valence electrons. The molecule has 2 saturated heterocycles. The highest BCUT2D eigenvalue weighted by Gasteiger charge is 2.83. The zero-order valence-corrected chi connectivity index (χ0v) is 38.6. The second kappa shape index (κ2) is 12.2. The summed E-state index contributed by atoms with van der Waals surface area (Å²) < 4.78 is 24.7. The molecular formula is C50H71ClO9. The molecule has 0 aromatic rings. The van der Waals surface area contributed by atoms with Crippen LogP contribution < -0.4 is 0 Å². The van der Waals surface area contributed by atoms with E-state index in [0.717, 1.165) is 70.6 Å². The summed E-state index contributed by atoms with van der Waals surface area (Å²) in [7, 11) is 0. The monoisotopic (exact) mass is 850 g/mol. The highest BCUT2D eigenvalue weighted by molar-refractivity contribution is 6.21. The van der Waals surface area contributed by atoms with Gasteiger partial charge in [0.1, 0.15) is 47.2 Å². The lowest BCUT2D eigenvalue weighted by molar-refractivity contribution is -0.175. The molecule has 2 spiro atoms. The first-order chi connectivity index (χ1) is 27.9. The van der Waals surface area contributed by atoms with Gasteiger partial charge in [0.25, 0.3) is 0 Å². The fourth-order valence-corrected chi connectivity index (χ4v) is 17.9. The van der Waals surface area contributed by atoms with Crippen LogP contribution in [0.25, 0.3) is 0 Å². The van der Waals surface area contributed by atoms with Gasteiger partial charge in [0.15, 0.2) is 0 Å². The number of hydrogen-bond donors (Lipinski definition) is 1. The van der Waals surface area contributed by atoms with Gasteiger partial charge in [-0.1, -0.05) is 27.7 Å².